The quantitative estimate of drug-likeness (QED) is 0.791. The summed E-state index contributed by atoms with van der Waals surface area (Å²) < 4.78 is 41.6. The van der Waals surface area contributed by atoms with Gasteiger partial charge in [-0.15, -0.1) is 0 Å². The van der Waals surface area contributed by atoms with E-state index in [9.17, 15) is 12.8 Å². The predicted molar refractivity (Wildman–Crippen MR) is 86.0 cm³/mol. The topological polar surface area (TPSA) is 55.7 Å². The zero-order chi connectivity index (χ0) is 16.4. The van der Waals surface area contributed by atoms with Crippen LogP contribution in [-0.4, -0.2) is 27.0 Å². The summed E-state index contributed by atoms with van der Waals surface area (Å²) >= 11 is 0. The largest absolute Gasteiger partial charge is 0.467 e. The normalized spacial score (nSPS) is 20.9. The van der Waals surface area contributed by atoms with Gasteiger partial charge < -0.3 is 4.74 Å². The van der Waals surface area contributed by atoms with E-state index in [1.54, 1.807) is 12.1 Å². The van der Waals surface area contributed by atoms with Crippen LogP contribution in [0.25, 0.3) is 0 Å². The average molecular weight is 354 g/mol. The van der Waals surface area contributed by atoms with Crippen molar-refractivity contribution >= 4 is 25.6 Å². The SMILES string of the molecule is O=S(=O)(Cl)c1ccc([C@H]2OC(c3ccccc3)=N[C@@H]2CF)cc1. The van der Waals surface area contributed by atoms with Gasteiger partial charge in [0.05, 0.1) is 4.90 Å². The van der Waals surface area contributed by atoms with Gasteiger partial charge in [0.1, 0.15) is 12.7 Å². The summed E-state index contributed by atoms with van der Waals surface area (Å²) in [6, 6.07) is 14.4. The maximum Gasteiger partial charge on any atom is 0.261 e. The summed E-state index contributed by atoms with van der Waals surface area (Å²) in [6.07, 6.45) is -0.595. The van der Waals surface area contributed by atoms with Crippen LogP contribution >= 0.6 is 10.7 Å². The molecule has 7 heteroatoms. The minimum absolute atomic E-state index is 0.0121. The van der Waals surface area contributed by atoms with Crippen molar-refractivity contribution in [3.63, 3.8) is 0 Å². The van der Waals surface area contributed by atoms with Gasteiger partial charge in [-0.3, -0.25) is 0 Å². The first-order valence-electron chi connectivity index (χ1n) is 6.89. The Morgan fingerprint density at radius 3 is 2.30 bits per heavy atom. The molecule has 2 aromatic carbocycles. The molecular weight excluding hydrogens is 341 g/mol. The molecule has 2 atom stereocenters. The van der Waals surface area contributed by atoms with Gasteiger partial charge in [0.15, 0.2) is 6.10 Å². The van der Waals surface area contributed by atoms with Crippen molar-refractivity contribution in [2.45, 2.75) is 17.0 Å². The lowest BCUT2D eigenvalue weighted by atomic mass is 10.0. The van der Waals surface area contributed by atoms with Gasteiger partial charge in [-0.25, -0.2) is 17.8 Å². The highest BCUT2D eigenvalue weighted by atomic mass is 35.7. The summed E-state index contributed by atoms with van der Waals surface area (Å²) in [6.45, 7) is -0.670. The molecule has 1 aliphatic heterocycles. The maximum atomic E-state index is 13.3. The van der Waals surface area contributed by atoms with Crippen LogP contribution in [0.5, 0.6) is 0 Å². The van der Waals surface area contributed by atoms with Crippen molar-refractivity contribution in [2.75, 3.05) is 6.67 Å². The number of halogens is 2. The van der Waals surface area contributed by atoms with Crippen LogP contribution in [0, 0.1) is 0 Å². The van der Waals surface area contributed by atoms with Gasteiger partial charge in [0.2, 0.25) is 5.90 Å². The van der Waals surface area contributed by atoms with Crippen molar-refractivity contribution in [1.82, 2.24) is 0 Å². The van der Waals surface area contributed by atoms with Crippen LogP contribution in [0.1, 0.15) is 17.2 Å². The van der Waals surface area contributed by atoms with Crippen LogP contribution in [-0.2, 0) is 13.8 Å². The molecule has 4 nitrogen and oxygen atoms in total. The summed E-state index contributed by atoms with van der Waals surface area (Å²) in [5, 5.41) is 0. The number of hydrogen-bond donors (Lipinski definition) is 0. The van der Waals surface area contributed by atoms with Gasteiger partial charge in [-0.05, 0) is 29.8 Å². The fraction of sp³-hybridized carbons (Fsp3) is 0.188. The highest BCUT2D eigenvalue weighted by Crippen LogP contribution is 2.32. The fourth-order valence-corrected chi connectivity index (χ4v) is 3.17. The van der Waals surface area contributed by atoms with Gasteiger partial charge in [-0.1, -0.05) is 30.3 Å². The molecule has 0 N–H and O–H groups in total. The van der Waals surface area contributed by atoms with Crippen LogP contribution in [0.2, 0.25) is 0 Å². The zero-order valence-electron chi connectivity index (χ0n) is 11.9. The number of benzene rings is 2. The molecule has 3 rings (SSSR count). The molecule has 0 aliphatic carbocycles. The Balaban J connectivity index is 1.87. The molecule has 0 bridgehead atoms. The Kier molecular flexibility index (Phi) is 4.37. The number of hydrogen-bond acceptors (Lipinski definition) is 4. The van der Waals surface area contributed by atoms with E-state index >= 15 is 0 Å². The van der Waals surface area contributed by atoms with Crippen LogP contribution in [0.4, 0.5) is 4.39 Å². The lowest BCUT2D eigenvalue weighted by Crippen LogP contribution is -2.16. The Morgan fingerprint density at radius 1 is 1.09 bits per heavy atom. The van der Waals surface area contributed by atoms with Crippen molar-refractivity contribution in [2.24, 2.45) is 4.99 Å². The van der Waals surface area contributed by atoms with E-state index in [1.807, 2.05) is 30.3 Å². The highest BCUT2D eigenvalue weighted by Gasteiger charge is 2.33. The van der Waals surface area contributed by atoms with E-state index in [2.05, 4.69) is 4.99 Å². The summed E-state index contributed by atoms with van der Waals surface area (Å²) in [5.41, 5.74) is 1.42. The molecule has 1 heterocycles. The molecule has 0 saturated carbocycles. The molecule has 0 saturated heterocycles. The molecule has 0 spiro atoms. The lowest BCUT2D eigenvalue weighted by molar-refractivity contribution is 0.180. The molecule has 120 valence electrons. The van der Waals surface area contributed by atoms with Crippen molar-refractivity contribution in [3.8, 4) is 0 Å². The average Bonchev–Trinajstić information content (AvgIpc) is 2.99. The van der Waals surface area contributed by atoms with Crippen LogP contribution in [0.3, 0.4) is 0 Å². The summed E-state index contributed by atoms with van der Waals surface area (Å²) in [7, 11) is 1.50. The molecule has 23 heavy (non-hydrogen) atoms. The summed E-state index contributed by atoms with van der Waals surface area (Å²) in [4.78, 5) is 4.27. The number of ether oxygens (including phenoxy) is 1. The lowest BCUT2D eigenvalue weighted by Gasteiger charge is -2.16. The van der Waals surface area contributed by atoms with E-state index < -0.39 is 27.9 Å². The van der Waals surface area contributed by atoms with Gasteiger partial charge >= 0.3 is 0 Å². The van der Waals surface area contributed by atoms with Crippen molar-refractivity contribution in [3.05, 3.63) is 65.7 Å². The molecular formula is C16H13ClFNO3S. The minimum Gasteiger partial charge on any atom is -0.467 e. The van der Waals surface area contributed by atoms with E-state index in [4.69, 9.17) is 15.4 Å². The smallest absolute Gasteiger partial charge is 0.261 e. The van der Waals surface area contributed by atoms with Crippen LogP contribution in [0.15, 0.2) is 64.5 Å². The zero-order valence-corrected chi connectivity index (χ0v) is 13.5. The molecule has 0 fully saturated rings. The first-order chi connectivity index (χ1) is 11.0. The van der Waals surface area contributed by atoms with Gasteiger partial charge in [-0.2, -0.15) is 0 Å². The van der Waals surface area contributed by atoms with E-state index in [0.29, 0.717) is 11.5 Å². The minimum atomic E-state index is -3.79. The monoisotopic (exact) mass is 353 g/mol. The summed E-state index contributed by atoms with van der Waals surface area (Å²) in [5.74, 6) is 0.382. The molecule has 0 unspecified atom stereocenters. The second-order valence-corrected chi connectivity index (χ2v) is 7.63. The van der Waals surface area contributed by atoms with Gasteiger partial charge in [0, 0.05) is 16.2 Å². The molecule has 0 amide bonds. The maximum absolute atomic E-state index is 13.3. The van der Waals surface area contributed by atoms with Crippen molar-refractivity contribution < 1.29 is 17.5 Å². The Morgan fingerprint density at radius 2 is 1.74 bits per heavy atom. The predicted octanol–water partition coefficient (Wildman–Crippen LogP) is 3.47. The molecule has 0 aromatic heterocycles. The third-order valence-electron chi connectivity index (χ3n) is 3.54. The first-order valence-corrected chi connectivity index (χ1v) is 9.20. The van der Waals surface area contributed by atoms with E-state index in [1.165, 1.54) is 12.1 Å². The van der Waals surface area contributed by atoms with Crippen molar-refractivity contribution in [1.29, 1.82) is 0 Å². The van der Waals surface area contributed by atoms with Gasteiger partial charge in [0.25, 0.3) is 9.05 Å². The van der Waals surface area contributed by atoms with Crippen LogP contribution < -0.4 is 0 Å². The number of rotatable bonds is 4. The third kappa shape index (κ3) is 3.38. The second-order valence-electron chi connectivity index (χ2n) is 5.07. The number of alkyl halides is 1. The second kappa shape index (κ2) is 6.29. The number of nitrogens with zero attached hydrogens (tertiary/aromatic N) is 1. The third-order valence-corrected chi connectivity index (χ3v) is 4.91. The Bertz CT molecular complexity index is 822. The highest BCUT2D eigenvalue weighted by molar-refractivity contribution is 8.13. The standard InChI is InChI=1S/C16H13ClFNO3S/c17-23(20,21)13-8-6-11(7-9-13)15-14(10-18)19-16(22-15)12-4-2-1-3-5-12/h1-9,14-15H,10H2/t14-,15-/m1/s1. The Labute approximate surface area is 138 Å². The first kappa shape index (κ1) is 16.0. The molecule has 2 aromatic rings. The fourth-order valence-electron chi connectivity index (χ4n) is 2.40. The van der Waals surface area contributed by atoms with E-state index in [-0.39, 0.29) is 4.90 Å². The van der Waals surface area contributed by atoms with E-state index in [0.717, 1.165) is 5.56 Å². The molecule has 1 aliphatic rings. The number of aliphatic imine (C=N–C) groups is 1. The molecule has 0 radical (unpaired) electrons. The Hall–Kier alpha value is -1.92.